The highest BCUT2D eigenvalue weighted by molar-refractivity contribution is 7.92. The van der Waals surface area contributed by atoms with Crippen molar-refractivity contribution >= 4 is 17.9 Å². The molecule has 5 heteroatoms. The van der Waals surface area contributed by atoms with Crippen molar-refractivity contribution in [2.24, 2.45) is 0 Å². The molecule has 2 rings (SSSR count). The van der Waals surface area contributed by atoms with E-state index in [9.17, 15) is 8.42 Å². The summed E-state index contributed by atoms with van der Waals surface area (Å²) in [4.78, 5) is 0.336. The van der Waals surface area contributed by atoms with Gasteiger partial charge in [0.25, 0.3) is 0 Å². The Morgan fingerprint density at radius 2 is 1.88 bits per heavy atom. The smallest absolute Gasteiger partial charge is 0.189 e. The lowest BCUT2D eigenvalue weighted by Crippen LogP contribution is -2.27. The quantitative estimate of drug-likeness (QED) is 0.598. The number of aryl methyl sites for hydroxylation is 1. The van der Waals surface area contributed by atoms with Gasteiger partial charge in [-0.05, 0) is 38.0 Å². The summed E-state index contributed by atoms with van der Waals surface area (Å²) in [6, 6.07) is 7.00. The largest absolute Gasteiger partial charge is 0.497 e. The van der Waals surface area contributed by atoms with Gasteiger partial charge in [-0.15, -0.1) is 11.5 Å². The van der Waals surface area contributed by atoms with Crippen molar-refractivity contribution in [3.8, 4) is 11.5 Å². The molecule has 0 aliphatic carbocycles. The highest BCUT2D eigenvalue weighted by Crippen LogP contribution is 2.27. The van der Waals surface area contributed by atoms with Gasteiger partial charge in [0.15, 0.2) is 9.84 Å². The minimum atomic E-state index is -3.52. The molecule has 130 valence electrons. The first-order valence-electron chi connectivity index (χ1n) is 8.33. The lowest BCUT2D eigenvalue weighted by Gasteiger charge is -2.23. The van der Waals surface area contributed by atoms with E-state index in [2.05, 4.69) is 31.1 Å². The monoisotopic (exact) mass is 362 g/mol. The van der Waals surface area contributed by atoms with Crippen LogP contribution in [-0.2, 0) is 14.6 Å². The first kappa shape index (κ1) is 18.8. The maximum Gasteiger partial charge on any atom is 0.189 e. The first-order valence-corrected chi connectivity index (χ1v) is 13.4. The van der Waals surface area contributed by atoms with E-state index in [0.29, 0.717) is 17.3 Å². The summed E-state index contributed by atoms with van der Waals surface area (Å²) in [5.41, 5.74) is 4.30. The summed E-state index contributed by atoms with van der Waals surface area (Å²) in [5, 5.41) is -0.718. The van der Waals surface area contributed by atoms with E-state index < -0.39 is 23.2 Å². The average molecular weight is 363 g/mol. The van der Waals surface area contributed by atoms with Gasteiger partial charge in [0.05, 0.1) is 11.5 Å². The van der Waals surface area contributed by atoms with Gasteiger partial charge in [0.2, 0.25) is 0 Å². The molecule has 24 heavy (non-hydrogen) atoms. The third-order valence-corrected chi connectivity index (χ3v) is 6.76. The second-order valence-corrected chi connectivity index (χ2v) is 14.1. The highest BCUT2D eigenvalue weighted by Gasteiger charge is 2.32. The van der Waals surface area contributed by atoms with Crippen LogP contribution in [-0.4, -0.2) is 28.3 Å². The zero-order valence-electron chi connectivity index (χ0n) is 14.9. The molecule has 0 aromatic heterocycles. The van der Waals surface area contributed by atoms with Crippen molar-refractivity contribution in [2.75, 3.05) is 6.61 Å². The molecule has 0 amide bonds. The summed E-state index contributed by atoms with van der Waals surface area (Å²) in [6.45, 7) is 8.98. The lowest BCUT2D eigenvalue weighted by atomic mass is 10.2. The molecule has 0 saturated carbocycles. The van der Waals surface area contributed by atoms with Crippen LogP contribution in [0.4, 0.5) is 0 Å². The van der Waals surface area contributed by atoms with Crippen LogP contribution in [0.5, 0.6) is 0 Å². The molecule has 1 aliphatic rings. The Hall–Kier alpha value is -1.51. The van der Waals surface area contributed by atoms with E-state index in [1.165, 1.54) is 0 Å². The molecule has 1 aromatic carbocycles. The van der Waals surface area contributed by atoms with Crippen molar-refractivity contribution in [3.05, 3.63) is 41.7 Å². The predicted molar refractivity (Wildman–Crippen MR) is 101 cm³/mol. The van der Waals surface area contributed by atoms with E-state index in [-0.39, 0.29) is 6.42 Å². The van der Waals surface area contributed by atoms with E-state index in [1.54, 1.807) is 12.1 Å². The van der Waals surface area contributed by atoms with Crippen LogP contribution >= 0.6 is 0 Å². The molecular formula is C19H26O3SSi. The predicted octanol–water partition coefficient (Wildman–Crippen LogP) is 4.10. The van der Waals surface area contributed by atoms with Gasteiger partial charge in [-0.3, -0.25) is 0 Å². The molecule has 0 bridgehead atoms. The van der Waals surface area contributed by atoms with Crippen LogP contribution in [0.25, 0.3) is 0 Å². The van der Waals surface area contributed by atoms with Gasteiger partial charge < -0.3 is 4.74 Å². The molecule has 0 spiro atoms. The molecule has 3 nitrogen and oxygen atoms in total. The van der Waals surface area contributed by atoms with Gasteiger partial charge in [-0.1, -0.05) is 37.3 Å². The SMILES string of the molecule is Cc1ccc(S(=O)(=O)C(CC#C[Si](C)(C)C)C2=CCCCO2)cc1. The number of sulfone groups is 1. The number of benzene rings is 1. The second kappa shape index (κ2) is 7.58. The normalized spacial score (nSPS) is 16.4. The van der Waals surface area contributed by atoms with Crippen LogP contribution in [0, 0.1) is 18.4 Å². The zero-order chi connectivity index (χ0) is 17.8. The molecule has 0 saturated heterocycles. The topological polar surface area (TPSA) is 43.4 Å². The fraction of sp³-hybridized carbons (Fsp3) is 0.474. The summed E-state index contributed by atoms with van der Waals surface area (Å²) < 4.78 is 31.9. The number of hydrogen-bond donors (Lipinski definition) is 0. The Kier molecular flexibility index (Phi) is 5.95. The Morgan fingerprint density at radius 3 is 2.42 bits per heavy atom. The van der Waals surface area contributed by atoms with Gasteiger partial charge in [-0.25, -0.2) is 8.42 Å². The lowest BCUT2D eigenvalue weighted by molar-refractivity contribution is 0.185. The van der Waals surface area contributed by atoms with E-state index in [0.717, 1.165) is 18.4 Å². The molecule has 0 N–H and O–H groups in total. The number of ether oxygens (including phenoxy) is 1. The van der Waals surface area contributed by atoms with Crippen LogP contribution in [0.1, 0.15) is 24.8 Å². The van der Waals surface area contributed by atoms with Gasteiger partial charge in [0, 0.05) is 6.42 Å². The molecule has 0 fully saturated rings. The average Bonchev–Trinajstić information content (AvgIpc) is 2.51. The van der Waals surface area contributed by atoms with E-state index >= 15 is 0 Å². The Morgan fingerprint density at radius 1 is 1.21 bits per heavy atom. The molecule has 0 radical (unpaired) electrons. The number of rotatable bonds is 4. The molecule has 1 atom stereocenters. The van der Waals surface area contributed by atoms with Crippen molar-refractivity contribution < 1.29 is 13.2 Å². The molecule has 1 aliphatic heterocycles. The fourth-order valence-electron chi connectivity index (χ4n) is 2.47. The van der Waals surface area contributed by atoms with E-state index in [1.807, 2.05) is 25.1 Å². The van der Waals surface area contributed by atoms with Crippen LogP contribution in [0.3, 0.4) is 0 Å². The van der Waals surface area contributed by atoms with Crippen LogP contribution in [0.15, 0.2) is 41.0 Å². The van der Waals surface area contributed by atoms with Crippen molar-refractivity contribution in [1.29, 1.82) is 0 Å². The number of hydrogen-bond acceptors (Lipinski definition) is 3. The third-order valence-electron chi connectivity index (χ3n) is 3.75. The molecular weight excluding hydrogens is 336 g/mol. The summed E-state index contributed by atoms with van der Waals surface area (Å²) in [6.07, 6.45) is 3.99. The Balaban J connectivity index is 2.38. The van der Waals surface area contributed by atoms with Crippen molar-refractivity contribution in [2.45, 2.75) is 56.0 Å². The highest BCUT2D eigenvalue weighted by atomic mass is 32.2. The van der Waals surface area contributed by atoms with Crippen molar-refractivity contribution in [3.63, 3.8) is 0 Å². The standard InChI is InChI=1S/C19H26O3SSi/c1-16-10-12-17(13-11-16)23(20,21)19(9-7-15-24(2,3)4)18-8-5-6-14-22-18/h8,10-13,19H,5-6,9,14H2,1-4H3. The second-order valence-electron chi connectivity index (χ2n) is 7.20. The third kappa shape index (κ3) is 4.99. The Labute approximate surface area is 147 Å². The van der Waals surface area contributed by atoms with Gasteiger partial charge in [0.1, 0.15) is 19.1 Å². The van der Waals surface area contributed by atoms with Gasteiger partial charge >= 0.3 is 0 Å². The minimum absolute atomic E-state index is 0.284. The maximum atomic E-state index is 13.1. The van der Waals surface area contributed by atoms with Gasteiger partial charge in [-0.2, -0.15) is 0 Å². The Bertz CT molecular complexity index is 760. The summed E-state index contributed by atoms with van der Waals surface area (Å²) >= 11 is 0. The van der Waals surface area contributed by atoms with Crippen molar-refractivity contribution in [1.82, 2.24) is 0 Å². The fourth-order valence-corrected chi connectivity index (χ4v) is 4.71. The van der Waals surface area contributed by atoms with Crippen LogP contribution < -0.4 is 0 Å². The molecule has 1 unspecified atom stereocenters. The van der Waals surface area contributed by atoms with Crippen LogP contribution in [0.2, 0.25) is 19.6 Å². The summed E-state index contributed by atoms with van der Waals surface area (Å²) in [7, 11) is -5.05. The maximum absolute atomic E-state index is 13.1. The number of allylic oxidation sites excluding steroid dienone is 1. The van der Waals surface area contributed by atoms with E-state index in [4.69, 9.17) is 4.74 Å². The zero-order valence-corrected chi connectivity index (χ0v) is 16.7. The summed E-state index contributed by atoms with van der Waals surface area (Å²) in [5.74, 6) is 3.68. The first-order chi connectivity index (χ1) is 11.2. The molecule has 1 heterocycles. The molecule has 1 aromatic rings. The minimum Gasteiger partial charge on any atom is -0.497 e.